The van der Waals surface area contributed by atoms with Crippen LogP contribution >= 0.6 is 0 Å². The quantitative estimate of drug-likeness (QED) is 0.215. The zero-order chi connectivity index (χ0) is 16.5. The SMILES string of the molecule is CCCCCCCCCCCCCCOC(=O)/C=C\C(=O)O.[H-].[Na+]. The average molecular weight is 336 g/mol. The Hall–Kier alpha value is -0.320. The molecule has 23 heavy (non-hydrogen) atoms. The Morgan fingerprint density at radius 3 is 1.70 bits per heavy atom. The molecule has 5 heteroatoms. The third-order valence-corrected chi connectivity index (χ3v) is 3.60. The topological polar surface area (TPSA) is 63.6 Å². The Balaban J connectivity index is -0.00000220. The summed E-state index contributed by atoms with van der Waals surface area (Å²) in [6.45, 7) is 2.62. The fraction of sp³-hybridized carbons (Fsp3) is 0.778. The number of carbonyl (C=O) groups is 2. The van der Waals surface area contributed by atoms with E-state index < -0.39 is 11.9 Å². The number of rotatable bonds is 15. The zero-order valence-electron chi connectivity index (χ0n) is 16.0. The van der Waals surface area contributed by atoms with Crippen LogP contribution in [0.4, 0.5) is 0 Å². The van der Waals surface area contributed by atoms with E-state index in [1.807, 2.05) is 0 Å². The molecule has 0 radical (unpaired) electrons. The van der Waals surface area contributed by atoms with Crippen LogP contribution in [0.25, 0.3) is 0 Å². The van der Waals surface area contributed by atoms with Gasteiger partial charge in [0.15, 0.2) is 0 Å². The van der Waals surface area contributed by atoms with Gasteiger partial charge in [-0.2, -0.15) is 0 Å². The van der Waals surface area contributed by atoms with Gasteiger partial charge in [-0.15, -0.1) is 0 Å². The summed E-state index contributed by atoms with van der Waals surface area (Å²) >= 11 is 0. The monoisotopic (exact) mass is 336 g/mol. The van der Waals surface area contributed by atoms with Crippen LogP contribution in [0.15, 0.2) is 12.2 Å². The Morgan fingerprint density at radius 2 is 1.26 bits per heavy atom. The maximum Gasteiger partial charge on any atom is 1.00 e. The minimum Gasteiger partial charge on any atom is -1.00 e. The van der Waals surface area contributed by atoms with Crippen molar-refractivity contribution < 1.29 is 50.4 Å². The number of carboxylic acid groups (broad SMARTS) is 1. The molecule has 0 aliphatic carbocycles. The first kappa shape index (κ1) is 24.9. The van der Waals surface area contributed by atoms with Gasteiger partial charge in [-0.1, -0.05) is 77.6 Å². The first-order chi connectivity index (χ1) is 10.7. The molecular formula is C18H33NaO4. The normalized spacial score (nSPS) is 10.5. The van der Waals surface area contributed by atoms with Crippen molar-refractivity contribution in [1.82, 2.24) is 0 Å². The first-order valence-electron chi connectivity index (χ1n) is 8.74. The minimum atomic E-state index is -1.14. The summed E-state index contributed by atoms with van der Waals surface area (Å²) in [5, 5.41) is 8.35. The van der Waals surface area contributed by atoms with Gasteiger partial charge in [-0.3, -0.25) is 0 Å². The molecule has 0 saturated carbocycles. The van der Waals surface area contributed by atoms with Crippen molar-refractivity contribution in [2.24, 2.45) is 0 Å². The van der Waals surface area contributed by atoms with Crippen LogP contribution in [0.1, 0.15) is 85.4 Å². The fourth-order valence-electron chi connectivity index (χ4n) is 2.30. The third-order valence-electron chi connectivity index (χ3n) is 3.60. The Morgan fingerprint density at radius 1 is 0.826 bits per heavy atom. The van der Waals surface area contributed by atoms with E-state index in [2.05, 4.69) is 6.92 Å². The summed E-state index contributed by atoms with van der Waals surface area (Å²) in [4.78, 5) is 21.3. The third kappa shape index (κ3) is 21.7. The van der Waals surface area contributed by atoms with Crippen LogP contribution in [0, 0.1) is 0 Å². The van der Waals surface area contributed by atoms with Gasteiger partial charge < -0.3 is 11.3 Å². The van der Waals surface area contributed by atoms with Crippen molar-refractivity contribution in [2.75, 3.05) is 6.61 Å². The minimum absolute atomic E-state index is 0. The Bertz CT molecular complexity index is 322. The smallest absolute Gasteiger partial charge is 1.00 e. The van der Waals surface area contributed by atoms with Gasteiger partial charge in [0.25, 0.3) is 0 Å². The summed E-state index contributed by atoms with van der Waals surface area (Å²) < 4.78 is 4.90. The second kappa shape index (κ2) is 19.7. The number of aliphatic carboxylic acids is 1. The van der Waals surface area contributed by atoms with E-state index in [1.165, 1.54) is 64.2 Å². The summed E-state index contributed by atoms with van der Waals surface area (Å²) in [6.07, 6.45) is 16.9. The predicted molar refractivity (Wildman–Crippen MR) is 89.9 cm³/mol. The van der Waals surface area contributed by atoms with Gasteiger partial charge in [-0.25, -0.2) is 9.59 Å². The van der Waals surface area contributed by atoms with Crippen molar-refractivity contribution in [2.45, 2.75) is 84.0 Å². The summed E-state index contributed by atoms with van der Waals surface area (Å²) in [5.74, 6) is -1.72. The number of esters is 1. The van der Waals surface area contributed by atoms with E-state index in [9.17, 15) is 9.59 Å². The molecule has 0 spiro atoms. The van der Waals surface area contributed by atoms with E-state index >= 15 is 0 Å². The van der Waals surface area contributed by atoms with E-state index in [-0.39, 0.29) is 31.0 Å². The molecule has 0 unspecified atom stereocenters. The standard InChI is InChI=1S/C18H32O4.Na.H/c1-2-3-4-5-6-7-8-9-10-11-12-13-16-22-18(21)15-14-17(19)20;;/h14-15H,2-13,16H2,1H3,(H,19,20);;/q;+1;-1/b15-14-;;. The molecule has 0 aromatic carbocycles. The first-order valence-corrected chi connectivity index (χ1v) is 8.74. The van der Waals surface area contributed by atoms with Gasteiger partial charge in [0, 0.05) is 12.2 Å². The van der Waals surface area contributed by atoms with Crippen molar-refractivity contribution in [3.63, 3.8) is 0 Å². The van der Waals surface area contributed by atoms with Crippen LogP contribution in [-0.2, 0) is 14.3 Å². The number of carbonyl (C=O) groups excluding carboxylic acids is 1. The van der Waals surface area contributed by atoms with Gasteiger partial charge in [0.1, 0.15) is 0 Å². The molecule has 0 saturated heterocycles. The molecule has 1 N–H and O–H groups in total. The van der Waals surface area contributed by atoms with E-state index in [1.54, 1.807) is 0 Å². The van der Waals surface area contributed by atoms with Crippen molar-refractivity contribution in [3.8, 4) is 0 Å². The number of hydrogen-bond acceptors (Lipinski definition) is 3. The zero-order valence-corrected chi connectivity index (χ0v) is 17.0. The van der Waals surface area contributed by atoms with Crippen molar-refractivity contribution in [1.29, 1.82) is 0 Å². The number of hydrogen-bond donors (Lipinski definition) is 1. The molecular weight excluding hydrogens is 303 g/mol. The molecule has 0 rings (SSSR count). The molecule has 0 bridgehead atoms. The molecule has 0 aromatic heterocycles. The molecule has 0 amide bonds. The maximum absolute atomic E-state index is 11.1. The molecule has 130 valence electrons. The number of unbranched alkanes of at least 4 members (excludes halogenated alkanes) is 11. The van der Waals surface area contributed by atoms with Crippen molar-refractivity contribution >= 4 is 11.9 Å². The predicted octanol–water partition coefficient (Wildman–Crippen LogP) is 1.99. The molecule has 0 aromatic rings. The van der Waals surface area contributed by atoms with Gasteiger partial charge in [-0.05, 0) is 6.42 Å². The Labute approximate surface area is 164 Å². The van der Waals surface area contributed by atoms with Crippen LogP contribution in [0.3, 0.4) is 0 Å². The average Bonchev–Trinajstić information content (AvgIpc) is 2.49. The van der Waals surface area contributed by atoms with Crippen LogP contribution < -0.4 is 29.6 Å². The second-order valence-corrected chi connectivity index (χ2v) is 5.73. The van der Waals surface area contributed by atoms with Gasteiger partial charge >= 0.3 is 41.5 Å². The van der Waals surface area contributed by atoms with Gasteiger partial charge in [0.2, 0.25) is 0 Å². The molecule has 4 nitrogen and oxygen atoms in total. The van der Waals surface area contributed by atoms with E-state index in [4.69, 9.17) is 9.84 Å². The fourth-order valence-corrected chi connectivity index (χ4v) is 2.30. The van der Waals surface area contributed by atoms with E-state index in [0.29, 0.717) is 6.61 Å². The Kier molecular flexibility index (Phi) is 21.4. The molecule has 0 fully saturated rings. The molecule has 0 aliphatic heterocycles. The largest absolute Gasteiger partial charge is 1.00 e. The molecule has 0 aliphatic rings. The summed E-state index contributed by atoms with van der Waals surface area (Å²) in [6, 6.07) is 0. The number of carboxylic acids is 1. The molecule has 0 heterocycles. The maximum atomic E-state index is 11.1. The molecule has 0 atom stereocenters. The van der Waals surface area contributed by atoms with Crippen LogP contribution in [0.2, 0.25) is 0 Å². The number of ether oxygens (including phenoxy) is 1. The second-order valence-electron chi connectivity index (χ2n) is 5.73. The van der Waals surface area contributed by atoms with Crippen molar-refractivity contribution in [3.05, 3.63) is 12.2 Å². The van der Waals surface area contributed by atoms with Crippen LogP contribution in [0.5, 0.6) is 0 Å². The summed E-state index contributed by atoms with van der Waals surface area (Å²) in [5.41, 5.74) is 0. The van der Waals surface area contributed by atoms with E-state index in [0.717, 1.165) is 25.0 Å². The van der Waals surface area contributed by atoms with Crippen LogP contribution in [-0.4, -0.2) is 23.7 Å². The van der Waals surface area contributed by atoms with Gasteiger partial charge in [0.05, 0.1) is 6.61 Å². The summed E-state index contributed by atoms with van der Waals surface area (Å²) in [7, 11) is 0.